The third-order valence-electron chi connectivity index (χ3n) is 4.69. The van der Waals surface area contributed by atoms with Gasteiger partial charge in [-0.05, 0) is 30.7 Å². The fourth-order valence-electron chi connectivity index (χ4n) is 3.19. The van der Waals surface area contributed by atoms with E-state index in [1.165, 1.54) is 0 Å². The fourth-order valence-corrected chi connectivity index (χ4v) is 3.19. The summed E-state index contributed by atoms with van der Waals surface area (Å²) >= 11 is 0. The number of ether oxygens (including phenoxy) is 1. The van der Waals surface area contributed by atoms with Gasteiger partial charge >= 0.3 is 5.97 Å². The highest BCUT2D eigenvalue weighted by Gasteiger charge is 2.27. The van der Waals surface area contributed by atoms with Gasteiger partial charge in [0.2, 0.25) is 11.7 Å². The predicted octanol–water partition coefficient (Wildman–Crippen LogP) is 1.73. The van der Waals surface area contributed by atoms with E-state index in [0.717, 1.165) is 37.5 Å². The first-order valence-corrected chi connectivity index (χ1v) is 8.77. The topological polar surface area (TPSA) is 91.9 Å². The van der Waals surface area contributed by atoms with Gasteiger partial charge in [-0.2, -0.15) is 4.98 Å². The molecule has 1 unspecified atom stereocenters. The van der Waals surface area contributed by atoms with Crippen LogP contribution in [0.15, 0.2) is 28.8 Å². The van der Waals surface area contributed by atoms with Gasteiger partial charge in [0.15, 0.2) is 0 Å². The van der Waals surface area contributed by atoms with E-state index in [0.29, 0.717) is 24.7 Å². The molecule has 0 saturated carbocycles. The van der Waals surface area contributed by atoms with Crippen molar-refractivity contribution in [2.24, 2.45) is 0 Å². The highest BCUT2D eigenvalue weighted by Crippen LogP contribution is 2.20. The zero-order chi connectivity index (χ0) is 18.5. The third-order valence-corrected chi connectivity index (χ3v) is 4.69. The van der Waals surface area contributed by atoms with E-state index >= 15 is 0 Å². The van der Waals surface area contributed by atoms with Crippen molar-refractivity contribution in [2.75, 3.05) is 33.3 Å². The standard InChI is InChI=1S/C18H24N4O4/c1-3-15(18(23)24)22-10-8-21(9-11-22)12-16-19-17(20-26-16)13-4-6-14(25-2)7-5-13/h4-7,15H,3,8-12H2,1-2H3,(H,23,24). The molecule has 1 N–H and O–H groups in total. The van der Waals surface area contributed by atoms with E-state index in [4.69, 9.17) is 9.26 Å². The van der Waals surface area contributed by atoms with E-state index in [1.807, 2.05) is 36.1 Å². The lowest BCUT2D eigenvalue weighted by molar-refractivity contribution is -0.144. The summed E-state index contributed by atoms with van der Waals surface area (Å²) in [7, 11) is 1.63. The molecule has 26 heavy (non-hydrogen) atoms. The van der Waals surface area contributed by atoms with Crippen molar-refractivity contribution < 1.29 is 19.2 Å². The first-order valence-electron chi connectivity index (χ1n) is 8.77. The molecule has 2 heterocycles. The average molecular weight is 360 g/mol. The van der Waals surface area contributed by atoms with Crippen LogP contribution in [0, 0.1) is 0 Å². The van der Waals surface area contributed by atoms with Crippen molar-refractivity contribution >= 4 is 5.97 Å². The van der Waals surface area contributed by atoms with Gasteiger partial charge in [-0.3, -0.25) is 14.6 Å². The lowest BCUT2D eigenvalue weighted by Crippen LogP contribution is -2.52. The number of carboxylic acids is 1. The zero-order valence-electron chi connectivity index (χ0n) is 15.1. The molecule has 8 heteroatoms. The second-order valence-corrected chi connectivity index (χ2v) is 6.31. The minimum Gasteiger partial charge on any atom is -0.497 e. The number of hydrogen-bond acceptors (Lipinski definition) is 7. The van der Waals surface area contributed by atoms with Gasteiger partial charge < -0.3 is 14.4 Å². The van der Waals surface area contributed by atoms with Crippen LogP contribution in [0.4, 0.5) is 0 Å². The maximum absolute atomic E-state index is 11.3. The summed E-state index contributed by atoms with van der Waals surface area (Å²) in [4.78, 5) is 20.0. The molecule has 1 aliphatic heterocycles. The van der Waals surface area contributed by atoms with Crippen LogP contribution < -0.4 is 4.74 Å². The average Bonchev–Trinajstić information content (AvgIpc) is 3.12. The molecule has 0 radical (unpaired) electrons. The molecule has 1 aliphatic rings. The Morgan fingerprint density at radius 1 is 1.27 bits per heavy atom. The molecule has 3 rings (SSSR count). The first kappa shape index (κ1) is 18.3. The maximum atomic E-state index is 11.3. The van der Waals surface area contributed by atoms with Gasteiger partial charge in [-0.15, -0.1) is 0 Å². The smallest absolute Gasteiger partial charge is 0.320 e. The van der Waals surface area contributed by atoms with Gasteiger partial charge in [0.1, 0.15) is 11.8 Å². The number of carboxylic acid groups (broad SMARTS) is 1. The molecule has 8 nitrogen and oxygen atoms in total. The largest absolute Gasteiger partial charge is 0.497 e. The fraction of sp³-hybridized carbons (Fsp3) is 0.500. The Balaban J connectivity index is 1.56. The van der Waals surface area contributed by atoms with Crippen LogP contribution >= 0.6 is 0 Å². The number of rotatable bonds is 7. The van der Waals surface area contributed by atoms with Crippen molar-refractivity contribution in [2.45, 2.75) is 25.9 Å². The van der Waals surface area contributed by atoms with E-state index in [-0.39, 0.29) is 0 Å². The van der Waals surface area contributed by atoms with Crippen LogP contribution in [0.1, 0.15) is 19.2 Å². The highest BCUT2D eigenvalue weighted by molar-refractivity contribution is 5.73. The first-order chi connectivity index (χ1) is 12.6. The monoisotopic (exact) mass is 360 g/mol. The lowest BCUT2D eigenvalue weighted by atomic mass is 10.1. The Kier molecular flexibility index (Phi) is 5.85. The number of carbonyl (C=O) groups is 1. The molecule has 140 valence electrons. The van der Waals surface area contributed by atoms with Crippen molar-refractivity contribution in [1.29, 1.82) is 0 Å². The molecule has 0 bridgehead atoms. The number of methoxy groups -OCH3 is 1. The Hall–Kier alpha value is -2.45. The second-order valence-electron chi connectivity index (χ2n) is 6.31. The summed E-state index contributed by atoms with van der Waals surface area (Å²) in [5.74, 6) is 1.15. The number of aromatic nitrogens is 2. The zero-order valence-corrected chi connectivity index (χ0v) is 15.1. The van der Waals surface area contributed by atoms with Crippen LogP contribution in [0.5, 0.6) is 5.75 Å². The van der Waals surface area contributed by atoms with Crippen molar-refractivity contribution in [1.82, 2.24) is 19.9 Å². The second kappa shape index (κ2) is 8.29. The minimum atomic E-state index is -0.748. The summed E-state index contributed by atoms with van der Waals surface area (Å²) < 4.78 is 10.5. The highest BCUT2D eigenvalue weighted by atomic mass is 16.5. The molecule has 1 aromatic carbocycles. The molecule has 0 amide bonds. The van der Waals surface area contributed by atoms with Crippen LogP contribution in [0.2, 0.25) is 0 Å². The van der Waals surface area contributed by atoms with E-state index in [9.17, 15) is 9.90 Å². The summed E-state index contributed by atoms with van der Waals surface area (Å²) in [5.41, 5.74) is 0.873. The molecule has 1 atom stereocenters. The number of aliphatic carboxylic acids is 1. The van der Waals surface area contributed by atoms with Crippen LogP contribution in [0.25, 0.3) is 11.4 Å². The van der Waals surface area contributed by atoms with Crippen molar-refractivity contribution in [3.63, 3.8) is 0 Å². The molecule has 2 aromatic rings. The normalized spacial score (nSPS) is 17.2. The van der Waals surface area contributed by atoms with Gasteiger partial charge in [-0.1, -0.05) is 12.1 Å². The molecule has 1 aromatic heterocycles. The van der Waals surface area contributed by atoms with Gasteiger partial charge in [0.25, 0.3) is 0 Å². The Labute approximate surface area is 152 Å². The van der Waals surface area contributed by atoms with Gasteiger partial charge in [0, 0.05) is 31.7 Å². The Morgan fingerprint density at radius 2 is 1.96 bits per heavy atom. The number of benzene rings is 1. The molecule has 1 saturated heterocycles. The molecular weight excluding hydrogens is 336 g/mol. The number of nitrogens with zero attached hydrogens (tertiary/aromatic N) is 4. The Bertz CT molecular complexity index is 723. The summed E-state index contributed by atoms with van der Waals surface area (Å²) in [6.07, 6.45) is 0.615. The van der Waals surface area contributed by atoms with Gasteiger partial charge in [-0.25, -0.2) is 0 Å². The maximum Gasteiger partial charge on any atom is 0.320 e. The van der Waals surface area contributed by atoms with Crippen molar-refractivity contribution in [3.05, 3.63) is 30.2 Å². The SMILES string of the molecule is CCC(C(=O)O)N1CCN(Cc2nc(-c3ccc(OC)cc3)no2)CC1. The van der Waals surface area contributed by atoms with E-state index in [1.54, 1.807) is 7.11 Å². The number of hydrogen-bond donors (Lipinski definition) is 1. The summed E-state index contributed by atoms with van der Waals surface area (Å²) in [5, 5.41) is 13.3. The van der Waals surface area contributed by atoms with Crippen LogP contribution in [-0.4, -0.2) is 70.3 Å². The third kappa shape index (κ3) is 4.20. The van der Waals surface area contributed by atoms with E-state index in [2.05, 4.69) is 15.0 Å². The predicted molar refractivity (Wildman–Crippen MR) is 94.9 cm³/mol. The van der Waals surface area contributed by atoms with Gasteiger partial charge in [0.05, 0.1) is 13.7 Å². The molecule has 0 aliphatic carbocycles. The lowest BCUT2D eigenvalue weighted by Gasteiger charge is -2.36. The molecular formula is C18H24N4O4. The summed E-state index contributed by atoms with van der Waals surface area (Å²) in [6.45, 7) is 5.49. The van der Waals surface area contributed by atoms with Crippen LogP contribution in [-0.2, 0) is 11.3 Å². The molecule has 0 spiro atoms. The quantitative estimate of drug-likeness (QED) is 0.798. The molecule has 1 fully saturated rings. The van der Waals surface area contributed by atoms with Crippen LogP contribution in [0.3, 0.4) is 0 Å². The van der Waals surface area contributed by atoms with E-state index < -0.39 is 12.0 Å². The van der Waals surface area contributed by atoms with Crippen molar-refractivity contribution in [3.8, 4) is 17.1 Å². The minimum absolute atomic E-state index is 0.401. The Morgan fingerprint density at radius 3 is 2.54 bits per heavy atom. The summed E-state index contributed by atoms with van der Waals surface area (Å²) in [6, 6.07) is 7.10. The number of piperazine rings is 1.